The van der Waals surface area contributed by atoms with E-state index in [0.717, 1.165) is 21.5 Å². The number of rotatable bonds is 2. The minimum atomic E-state index is -5.83. The molecule has 0 aliphatic rings. The Hall–Kier alpha value is -3.26. The fourth-order valence-corrected chi connectivity index (χ4v) is 4.12. The number of fused-ring (bicyclic) bond motifs is 8. The van der Waals surface area contributed by atoms with Crippen molar-refractivity contribution in [1.29, 1.82) is 0 Å². The molecule has 0 spiro atoms. The van der Waals surface area contributed by atoms with Crippen molar-refractivity contribution in [2.75, 3.05) is 0 Å². The third kappa shape index (κ3) is 2.56. The van der Waals surface area contributed by atoms with Gasteiger partial charge in [0.25, 0.3) is 0 Å². The first-order valence-corrected chi connectivity index (χ1v) is 9.94. The van der Waals surface area contributed by atoms with Crippen molar-refractivity contribution in [2.45, 2.75) is 5.51 Å². The number of furan rings is 1. The number of halogens is 3. The summed E-state index contributed by atoms with van der Waals surface area (Å²) < 4.78 is 72.3. The quantitative estimate of drug-likeness (QED) is 0.198. The molecule has 0 atom stereocenters. The Balaban J connectivity index is 1.97. The standard InChI is InChI=1S/C21H11F3O4S/c22-21(23,24)29(25,26)28-17-11-5-10-16-19(17)18-14-8-3-1-6-12(14)13-7-2-4-9-15(13)20(18)27-16/h1-11H. The summed E-state index contributed by atoms with van der Waals surface area (Å²) in [6.07, 6.45) is 0. The predicted molar refractivity (Wildman–Crippen MR) is 104 cm³/mol. The Labute approximate surface area is 162 Å². The van der Waals surface area contributed by atoms with Gasteiger partial charge in [-0.05, 0) is 28.3 Å². The molecule has 8 heteroatoms. The van der Waals surface area contributed by atoms with E-state index in [-0.39, 0.29) is 11.0 Å². The van der Waals surface area contributed by atoms with Gasteiger partial charge in [-0.3, -0.25) is 0 Å². The van der Waals surface area contributed by atoms with Crippen LogP contribution in [0.15, 0.2) is 71.1 Å². The zero-order chi connectivity index (χ0) is 20.4. The molecule has 0 N–H and O–H groups in total. The number of hydrogen-bond acceptors (Lipinski definition) is 4. The van der Waals surface area contributed by atoms with E-state index in [4.69, 9.17) is 4.42 Å². The van der Waals surface area contributed by atoms with Crippen LogP contribution >= 0.6 is 0 Å². The van der Waals surface area contributed by atoms with Gasteiger partial charge < -0.3 is 8.60 Å². The molecule has 0 radical (unpaired) electrons. The van der Waals surface area contributed by atoms with Crippen LogP contribution in [0.3, 0.4) is 0 Å². The first kappa shape index (κ1) is 17.8. The van der Waals surface area contributed by atoms with Gasteiger partial charge in [-0.25, -0.2) is 0 Å². The van der Waals surface area contributed by atoms with E-state index in [0.29, 0.717) is 11.0 Å². The molecule has 1 aromatic heterocycles. The lowest BCUT2D eigenvalue weighted by Crippen LogP contribution is -2.28. The van der Waals surface area contributed by atoms with Crippen LogP contribution in [-0.4, -0.2) is 13.9 Å². The predicted octanol–water partition coefficient (Wildman–Crippen LogP) is 6.12. The molecular weight excluding hydrogens is 405 g/mol. The van der Waals surface area contributed by atoms with Gasteiger partial charge in [0.2, 0.25) is 0 Å². The summed E-state index contributed by atoms with van der Waals surface area (Å²) in [5.41, 5.74) is -4.85. The molecule has 5 aromatic rings. The highest BCUT2D eigenvalue weighted by Crippen LogP contribution is 2.44. The molecule has 0 aliphatic carbocycles. The summed E-state index contributed by atoms with van der Waals surface area (Å²) in [7, 11) is -5.83. The summed E-state index contributed by atoms with van der Waals surface area (Å²) in [6, 6.07) is 19.0. The molecule has 0 amide bonds. The normalized spacial score (nSPS) is 12.9. The second kappa shape index (κ2) is 5.87. The molecule has 0 bridgehead atoms. The van der Waals surface area contributed by atoms with Crippen molar-refractivity contribution in [3.63, 3.8) is 0 Å². The van der Waals surface area contributed by atoms with E-state index in [9.17, 15) is 21.6 Å². The maximum absolute atomic E-state index is 12.9. The lowest BCUT2D eigenvalue weighted by atomic mass is 9.97. The van der Waals surface area contributed by atoms with Crippen LogP contribution < -0.4 is 4.18 Å². The van der Waals surface area contributed by atoms with Crippen LogP contribution in [0.1, 0.15) is 0 Å². The second-order valence-electron chi connectivity index (χ2n) is 6.51. The van der Waals surface area contributed by atoms with E-state index in [2.05, 4.69) is 4.18 Å². The molecule has 0 saturated carbocycles. The van der Waals surface area contributed by atoms with Crippen LogP contribution in [0.25, 0.3) is 43.5 Å². The lowest BCUT2D eigenvalue weighted by molar-refractivity contribution is -0.0499. The van der Waals surface area contributed by atoms with Crippen molar-refractivity contribution >= 4 is 53.6 Å². The Kier molecular flexibility index (Phi) is 3.61. The summed E-state index contributed by atoms with van der Waals surface area (Å²) in [6.45, 7) is 0. The maximum Gasteiger partial charge on any atom is 0.534 e. The first-order valence-electron chi connectivity index (χ1n) is 8.53. The number of alkyl halides is 3. The Morgan fingerprint density at radius 2 is 1.31 bits per heavy atom. The van der Waals surface area contributed by atoms with Gasteiger partial charge in [-0.15, -0.1) is 0 Å². The van der Waals surface area contributed by atoms with Crippen LogP contribution in [-0.2, 0) is 10.1 Å². The third-order valence-corrected chi connectivity index (χ3v) is 5.78. The Morgan fingerprint density at radius 1 is 0.724 bits per heavy atom. The molecule has 4 aromatic carbocycles. The summed E-state index contributed by atoms with van der Waals surface area (Å²) in [5, 5.41) is 3.95. The molecule has 0 aliphatic heterocycles. The van der Waals surface area contributed by atoms with E-state index < -0.39 is 21.4 Å². The van der Waals surface area contributed by atoms with Crippen molar-refractivity contribution in [1.82, 2.24) is 0 Å². The zero-order valence-corrected chi connectivity index (χ0v) is 15.3. The van der Waals surface area contributed by atoms with E-state index in [1.54, 1.807) is 12.1 Å². The Morgan fingerprint density at radius 3 is 1.97 bits per heavy atom. The molecule has 0 fully saturated rings. The van der Waals surface area contributed by atoms with Crippen LogP contribution in [0.4, 0.5) is 13.2 Å². The topological polar surface area (TPSA) is 56.5 Å². The van der Waals surface area contributed by atoms with Crippen molar-refractivity contribution in [3.8, 4) is 5.75 Å². The third-order valence-electron chi connectivity index (χ3n) is 4.82. The first-order chi connectivity index (χ1) is 13.8. The van der Waals surface area contributed by atoms with E-state index in [1.165, 1.54) is 12.1 Å². The highest BCUT2D eigenvalue weighted by atomic mass is 32.2. The van der Waals surface area contributed by atoms with Crippen molar-refractivity contribution in [3.05, 3.63) is 66.7 Å². The number of hydrogen-bond donors (Lipinski definition) is 0. The van der Waals surface area contributed by atoms with Gasteiger partial charge >= 0.3 is 15.6 Å². The van der Waals surface area contributed by atoms with Gasteiger partial charge in [-0.2, -0.15) is 21.6 Å². The molecule has 0 saturated heterocycles. The smallest absolute Gasteiger partial charge is 0.455 e. The highest BCUT2D eigenvalue weighted by molar-refractivity contribution is 7.88. The summed E-state index contributed by atoms with van der Waals surface area (Å²) in [4.78, 5) is 0. The minimum absolute atomic E-state index is 0.178. The highest BCUT2D eigenvalue weighted by Gasteiger charge is 2.48. The zero-order valence-electron chi connectivity index (χ0n) is 14.5. The summed E-state index contributed by atoms with van der Waals surface area (Å²) in [5.74, 6) is -0.431. The van der Waals surface area contributed by atoms with Crippen LogP contribution in [0.2, 0.25) is 0 Å². The van der Waals surface area contributed by atoms with Gasteiger partial charge in [0, 0.05) is 10.8 Å². The minimum Gasteiger partial charge on any atom is -0.455 e. The van der Waals surface area contributed by atoms with E-state index >= 15 is 0 Å². The lowest BCUT2D eigenvalue weighted by Gasteiger charge is -2.10. The van der Waals surface area contributed by atoms with Crippen molar-refractivity contribution < 1.29 is 30.2 Å². The Bertz CT molecular complexity index is 1530. The number of benzene rings is 4. The molecule has 5 rings (SSSR count). The SMILES string of the molecule is O=S(=O)(Oc1cccc2oc3c4ccccc4c4ccccc4c3c12)C(F)(F)F. The van der Waals surface area contributed by atoms with Crippen molar-refractivity contribution in [2.24, 2.45) is 0 Å². The summed E-state index contributed by atoms with van der Waals surface area (Å²) >= 11 is 0. The largest absolute Gasteiger partial charge is 0.534 e. The second-order valence-corrected chi connectivity index (χ2v) is 8.05. The fourth-order valence-electron chi connectivity index (χ4n) is 3.65. The molecule has 1 heterocycles. The van der Waals surface area contributed by atoms with Crippen LogP contribution in [0.5, 0.6) is 5.75 Å². The molecule has 29 heavy (non-hydrogen) atoms. The average molecular weight is 416 g/mol. The maximum atomic E-state index is 12.9. The average Bonchev–Trinajstić information content (AvgIpc) is 3.08. The molecule has 4 nitrogen and oxygen atoms in total. The fraction of sp³-hybridized carbons (Fsp3) is 0.0476. The molecular formula is C21H11F3O4S. The van der Waals surface area contributed by atoms with Gasteiger partial charge in [0.1, 0.15) is 11.2 Å². The van der Waals surface area contributed by atoms with Crippen LogP contribution in [0, 0.1) is 0 Å². The molecule has 146 valence electrons. The van der Waals surface area contributed by atoms with Gasteiger partial charge in [0.15, 0.2) is 5.75 Å². The monoisotopic (exact) mass is 416 g/mol. The van der Waals surface area contributed by atoms with Gasteiger partial charge in [0.05, 0.1) is 5.39 Å². The van der Waals surface area contributed by atoms with Gasteiger partial charge in [-0.1, -0.05) is 54.6 Å². The molecule has 0 unspecified atom stereocenters. The van der Waals surface area contributed by atoms with E-state index in [1.807, 2.05) is 42.5 Å².